The second kappa shape index (κ2) is 8.20. The molecule has 0 saturated heterocycles. The highest BCUT2D eigenvalue weighted by Gasteiger charge is 2.22. The van der Waals surface area contributed by atoms with Crippen LogP contribution in [0.5, 0.6) is 5.75 Å². The van der Waals surface area contributed by atoms with E-state index in [0.29, 0.717) is 23.8 Å². The van der Waals surface area contributed by atoms with Crippen LogP contribution in [0.25, 0.3) is 21.0 Å². The van der Waals surface area contributed by atoms with Crippen LogP contribution in [0.2, 0.25) is 0 Å². The van der Waals surface area contributed by atoms with Gasteiger partial charge in [-0.3, -0.25) is 14.4 Å². The molecule has 3 aromatic carbocycles. The molecule has 154 valence electrons. The molecule has 0 aliphatic heterocycles. The van der Waals surface area contributed by atoms with E-state index in [4.69, 9.17) is 9.72 Å². The van der Waals surface area contributed by atoms with E-state index in [1.165, 1.54) is 11.3 Å². The summed E-state index contributed by atoms with van der Waals surface area (Å²) in [6, 6.07) is 21.5. The van der Waals surface area contributed by atoms with Crippen LogP contribution in [0.1, 0.15) is 10.4 Å². The Bertz CT molecular complexity index is 1360. The molecule has 7 heteroatoms. The number of ether oxygens (including phenoxy) is 1. The van der Waals surface area contributed by atoms with Gasteiger partial charge >= 0.3 is 0 Å². The third-order valence-corrected chi connectivity index (χ3v) is 6.21. The first-order valence-corrected chi connectivity index (χ1v) is 10.8. The number of aromatic nitrogens is 3. The number of carbonyl (C=O) groups is 1. The van der Waals surface area contributed by atoms with Crippen molar-refractivity contribution in [3.63, 3.8) is 0 Å². The summed E-state index contributed by atoms with van der Waals surface area (Å²) in [5.41, 5.74) is 1.48. The van der Waals surface area contributed by atoms with Crippen LogP contribution in [0, 0.1) is 0 Å². The average Bonchev–Trinajstić information content (AvgIpc) is 3.48. The quantitative estimate of drug-likeness (QED) is 0.382. The Balaban J connectivity index is 1.53. The number of methoxy groups -OCH3 is 1. The zero-order valence-electron chi connectivity index (χ0n) is 16.9. The van der Waals surface area contributed by atoms with Crippen LogP contribution in [0.4, 0.5) is 5.13 Å². The lowest BCUT2D eigenvalue weighted by atomic mass is 10.1. The number of hydrogen-bond acceptors (Lipinski definition) is 5. The molecule has 0 saturated carbocycles. The van der Waals surface area contributed by atoms with Gasteiger partial charge in [-0.05, 0) is 47.2 Å². The zero-order chi connectivity index (χ0) is 21.2. The van der Waals surface area contributed by atoms with Crippen LogP contribution in [-0.4, -0.2) is 34.3 Å². The van der Waals surface area contributed by atoms with Gasteiger partial charge in [-0.15, -0.1) is 0 Å². The lowest BCUT2D eigenvalue weighted by Crippen LogP contribution is -2.34. The maximum atomic E-state index is 13.6. The number of hydrogen-bond donors (Lipinski definition) is 0. The van der Waals surface area contributed by atoms with Crippen molar-refractivity contribution in [3.05, 3.63) is 84.7 Å². The molecule has 0 aliphatic carbocycles. The standard InChI is InChI=1S/C24H20N4O2S/c1-30-20-9-10-21-22(16-20)31-24(26-21)28(14-13-27-12-4-11-25-27)23(29)19-8-7-17-5-2-3-6-18(17)15-19/h2-12,15-16H,13-14H2,1H3. The largest absolute Gasteiger partial charge is 0.497 e. The molecule has 31 heavy (non-hydrogen) atoms. The SMILES string of the molecule is COc1ccc2nc(N(CCn3cccn3)C(=O)c3ccc4ccccc4c3)sc2c1. The van der Waals surface area contributed by atoms with Gasteiger partial charge in [0, 0.05) is 24.5 Å². The molecule has 0 fully saturated rings. The van der Waals surface area contributed by atoms with E-state index in [-0.39, 0.29) is 5.91 Å². The number of carbonyl (C=O) groups excluding carboxylic acids is 1. The molecule has 0 unspecified atom stereocenters. The van der Waals surface area contributed by atoms with Gasteiger partial charge in [0.15, 0.2) is 5.13 Å². The molecule has 0 N–H and O–H groups in total. The molecular formula is C24H20N4O2S. The second-order valence-corrected chi connectivity index (χ2v) is 8.13. The molecule has 1 amide bonds. The van der Waals surface area contributed by atoms with Crippen molar-refractivity contribution in [3.8, 4) is 5.75 Å². The molecule has 0 bridgehead atoms. The first-order chi connectivity index (χ1) is 15.2. The average molecular weight is 429 g/mol. The van der Waals surface area contributed by atoms with Gasteiger partial charge in [0.25, 0.3) is 5.91 Å². The fraction of sp³-hybridized carbons (Fsp3) is 0.125. The van der Waals surface area contributed by atoms with Gasteiger partial charge in [-0.25, -0.2) is 4.98 Å². The summed E-state index contributed by atoms with van der Waals surface area (Å²) in [7, 11) is 1.64. The van der Waals surface area contributed by atoms with Crippen molar-refractivity contribution >= 4 is 43.4 Å². The minimum absolute atomic E-state index is 0.0797. The van der Waals surface area contributed by atoms with E-state index in [9.17, 15) is 4.79 Å². The van der Waals surface area contributed by atoms with Crippen molar-refractivity contribution in [1.82, 2.24) is 14.8 Å². The van der Waals surface area contributed by atoms with Crippen molar-refractivity contribution in [2.24, 2.45) is 0 Å². The predicted octanol–water partition coefficient (Wildman–Crippen LogP) is 5.00. The van der Waals surface area contributed by atoms with Crippen molar-refractivity contribution in [2.75, 3.05) is 18.6 Å². The third-order valence-electron chi connectivity index (χ3n) is 5.17. The summed E-state index contributed by atoms with van der Waals surface area (Å²) >= 11 is 1.48. The number of rotatable bonds is 6. The van der Waals surface area contributed by atoms with Gasteiger partial charge in [0.2, 0.25) is 0 Å². The molecule has 0 spiro atoms. The first-order valence-electron chi connectivity index (χ1n) is 9.94. The molecule has 0 atom stereocenters. The van der Waals surface area contributed by atoms with E-state index >= 15 is 0 Å². The summed E-state index contributed by atoms with van der Waals surface area (Å²) in [6.45, 7) is 1.04. The van der Waals surface area contributed by atoms with Crippen LogP contribution in [0.3, 0.4) is 0 Å². The number of amides is 1. The number of benzene rings is 3. The van der Waals surface area contributed by atoms with Crippen LogP contribution < -0.4 is 9.64 Å². The van der Waals surface area contributed by atoms with Crippen LogP contribution in [0.15, 0.2) is 79.1 Å². The Morgan fingerprint density at radius 1 is 1.06 bits per heavy atom. The summed E-state index contributed by atoms with van der Waals surface area (Å²) in [4.78, 5) is 20.1. The lowest BCUT2D eigenvalue weighted by molar-refractivity contribution is 0.0986. The fourth-order valence-electron chi connectivity index (χ4n) is 3.53. The topological polar surface area (TPSA) is 60.2 Å². The normalized spacial score (nSPS) is 11.1. The first kappa shape index (κ1) is 19.3. The van der Waals surface area contributed by atoms with Gasteiger partial charge in [-0.1, -0.05) is 41.7 Å². The van der Waals surface area contributed by atoms with Gasteiger partial charge in [-0.2, -0.15) is 5.10 Å². The van der Waals surface area contributed by atoms with Crippen molar-refractivity contribution < 1.29 is 9.53 Å². The number of fused-ring (bicyclic) bond motifs is 2. The Hall–Kier alpha value is -3.71. The van der Waals surface area contributed by atoms with Gasteiger partial charge in [0.1, 0.15) is 5.75 Å². The second-order valence-electron chi connectivity index (χ2n) is 7.12. The fourth-order valence-corrected chi connectivity index (χ4v) is 4.55. The maximum absolute atomic E-state index is 13.6. The third kappa shape index (κ3) is 3.87. The minimum Gasteiger partial charge on any atom is -0.497 e. The van der Waals surface area contributed by atoms with Crippen molar-refractivity contribution in [2.45, 2.75) is 6.54 Å². The van der Waals surface area contributed by atoms with E-state index in [2.05, 4.69) is 5.10 Å². The highest BCUT2D eigenvalue weighted by molar-refractivity contribution is 7.22. The lowest BCUT2D eigenvalue weighted by Gasteiger charge is -2.20. The smallest absolute Gasteiger partial charge is 0.260 e. The molecule has 5 aromatic rings. The van der Waals surface area contributed by atoms with E-state index in [1.54, 1.807) is 18.2 Å². The van der Waals surface area contributed by atoms with E-state index in [0.717, 1.165) is 26.7 Å². The summed E-state index contributed by atoms with van der Waals surface area (Å²) in [5, 5.41) is 7.07. The number of nitrogens with zero attached hydrogens (tertiary/aromatic N) is 4. The zero-order valence-corrected chi connectivity index (χ0v) is 17.7. The molecule has 5 rings (SSSR count). The molecular weight excluding hydrogens is 408 g/mol. The Labute approximate surface area is 183 Å². The predicted molar refractivity (Wildman–Crippen MR) is 124 cm³/mol. The molecule has 2 heterocycles. The van der Waals surface area contributed by atoms with Gasteiger partial charge < -0.3 is 4.74 Å². The highest BCUT2D eigenvalue weighted by atomic mass is 32.1. The maximum Gasteiger partial charge on any atom is 0.260 e. The highest BCUT2D eigenvalue weighted by Crippen LogP contribution is 2.32. The summed E-state index contributed by atoms with van der Waals surface area (Å²) in [5.74, 6) is 0.690. The molecule has 6 nitrogen and oxygen atoms in total. The van der Waals surface area contributed by atoms with Crippen LogP contribution >= 0.6 is 11.3 Å². The van der Waals surface area contributed by atoms with Crippen molar-refractivity contribution in [1.29, 1.82) is 0 Å². The van der Waals surface area contributed by atoms with Crippen LogP contribution in [-0.2, 0) is 6.54 Å². The monoisotopic (exact) mass is 428 g/mol. The summed E-state index contributed by atoms with van der Waals surface area (Å²) < 4.78 is 8.13. The van der Waals surface area contributed by atoms with E-state index in [1.807, 2.05) is 77.6 Å². The Morgan fingerprint density at radius 2 is 1.94 bits per heavy atom. The number of anilines is 1. The molecule has 0 aliphatic rings. The minimum atomic E-state index is -0.0797. The van der Waals surface area contributed by atoms with Gasteiger partial charge in [0.05, 0.1) is 23.9 Å². The molecule has 0 radical (unpaired) electrons. The molecule has 2 aromatic heterocycles. The summed E-state index contributed by atoms with van der Waals surface area (Å²) in [6.07, 6.45) is 3.63. The Morgan fingerprint density at radius 3 is 2.74 bits per heavy atom. The Kier molecular flexibility index (Phi) is 5.09. The van der Waals surface area contributed by atoms with E-state index < -0.39 is 0 Å². The number of thiazole rings is 1.